The second-order valence-electron chi connectivity index (χ2n) is 4.40. The number of hydrogen-bond acceptors (Lipinski definition) is 3. The van der Waals surface area contributed by atoms with Crippen molar-refractivity contribution in [2.75, 3.05) is 5.32 Å². The molecule has 0 spiro atoms. The number of nitrogens with zero attached hydrogens (tertiary/aromatic N) is 1. The number of aryl methyl sites for hydroxylation is 1. The largest absolute Gasteiger partial charge is 0.326 e. The van der Waals surface area contributed by atoms with E-state index in [0.29, 0.717) is 6.42 Å². The van der Waals surface area contributed by atoms with Gasteiger partial charge in [0.25, 0.3) is 0 Å². The average molecular weight is 207 g/mol. The van der Waals surface area contributed by atoms with Crippen molar-refractivity contribution in [3.05, 3.63) is 24.0 Å². The SMILES string of the molecule is Cc1cnccc1NC(=O)CC(C)(C)N. The predicted octanol–water partition coefficient (Wildman–Crippen LogP) is 1.46. The lowest BCUT2D eigenvalue weighted by molar-refractivity contribution is -0.117. The van der Waals surface area contributed by atoms with Crippen LogP contribution in [-0.2, 0) is 4.79 Å². The van der Waals surface area contributed by atoms with Crippen LogP contribution in [-0.4, -0.2) is 16.4 Å². The predicted molar refractivity (Wildman–Crippen MR) is 60.5 cm³/mol. The molecule has 0 aliphatic rings. The minimum atomic E-state index is -0.481. The van der Waals surface area contributed by atoms with E-state index in [2.05, 4.69) is 10.3 Å². The fourth-order valence-corrected chi connectivity index (χ4v) is 1.22. The van der Waals surface area contributed by atoms with Crippen LogP contribution in [0.15, 0.2) is 18.5 Å². The molecule has 1 aromatic rings. The maximum atomic E-state index is 11.6. The molecule has 0 aliphatic carbocycles. The molecule has 0 unspecified atom stereocenters. The Hall–Kier alpha value is -1.42. The topological polar surface area (TPSA) is 68.0 Å². The summed E-state index contributed by atoms with van der Waals surface area (Å²) in [5.74, 6) is -0.0724. The Morgan fingerprint density at radius 1 is 1.60 bits per heavy atom. The Kier molecular flexibility index (Phi) is 3.42. The third kappa shape index (κ3) is 4.08. The molecule has 1 heterocycles. The molecular weight excluding hydrogens is 190 g/mol. The highest BCUT2D eigenvalue weighted by Crippen LogP contribution is 2.13. The van der Waals surface area contributed by atoms with Gasteiger partial charge >= 0.3 is 0 Å². The molecule has 15 heavy (non-hydrogen) atoms. The van der Waals surface area contributed by atoms with Gasteiger partial charge in [-0.25, -0.2) is 0 Å². The van der Waals surface area contributed by atoms with Gasteiger partial charge in [0.1, 0.15) is 0 Å². The summed E-state index contributed by atoms with van der Waals surface area (Å²) in [6.45, 7) is 5.55. The number of nitrogens with two attached hydrogens (primary N) is 1. The van der Waals surface area contributed by atoms with E-state index in [1.165, 1.54) is 0 Å². The van der Waals surface area contributed by atoms with Gasteiger partial charge in [0.2, 0.25) is 5.91 Å². The molecule has 0 aromatic carbocycles. The molecule has 0 aliphatic heterocycles. The fraction of sp³-hybridized carbons (Fsp3) is 0.455. The molecule has 0 radical (unpaired) electrons. The van der Waals surface area contributed by atoms with E-state index in [4.69, 9.17) is 5.73 Å². The number of nitrogens with one attached hydrogen (secondary N) is 1. The highest BCUT2D eigenvalue weighted by Gasteiger charge is 2.16. The third-order valence-electron chi connectivity index (χ3n) is 1.91. The highest BCUT2D eigenvalue weighted by molar-refractivity contribution is 5.92. The van der Waals surface area contributed by atoms with Gasteiger partial charge in [-0.15, -0.1) is 0 Å². The number of carbonyl (C=O) groups excluding carboxylic acids is 1. The summed E-state index contributed by atoms with van der Waals surface area (Å²) in [5, 5.41) is 2.81. The van der Waals surface area contributed by atoms with E-state index in [0.717, 1.165) is 11.3 Å². The zero-order chi connectivity index (χ0) is 11.5. The van der Waals surface area contributed by atoms with Crippen LogP contribution in [0, 0.1) is 6.92 Å². The first-order chi connectivity index (χ1) is 6.88. The van der Waals surface area contributed by atoms with E-state index < -0.39 is 5.54 Å². The lowest BCUT2D eigenvalue weighted by Crippen LogP contribution is -2.36. The third-order valence-corrected chi connectivity index (χ3v) is 1.91. The normalized spacial score (nSPS) is 11.2. The van der Waals surface area contributed by atoms with E-state index in [-0.39, 0.29) is 5.91 Å². The minimum absolute atomic E-state index is 0.0724. The Balaban J connectivity index is 2.64. The zero-order valence-electron chi connectivity index (χ0n) is 9.37. The molecule has 0 saturated heterocycles. The summed E-state index contributed by atoms with van der Waals surface area (Å²) >= 11 is 0. The van der Waals surface area contributed by atoms with Crippen LogP contribution in [0.4, 0.5) is 5.69 Å². The Morgan fingerprint density at radius 3 is 2.80 bits per heavy atom. The van der Waals surface area contributed by atoms with Crippen molar-refractivity contribution >= 4 is 11.6 Å². The number of carbonyl (C=O) groups is 1. The Bertz CT molecular complexity index is 355. The van der Waals surface area contributed by atoms with Gasteiger partial charge in [-0.1, -0.05) is 0 Å². The molecule has 1 rings (SSSR count). The molecule has 4 nitrogen and oxygen atoms in total. The van der Waals surface area contributed by atoms with Gasteiger partial charge in [0, 0.05) is 30.0 Å². The van der Waals surface area contributed by atoms with Gasteiger partial charge in [0.15, 0.2) is 0 Å². The van der Waals surface area contributed by atoms with Crippen LogP contribution in [0.3, 0.4) is 0 Å². The highest BCUT2D eigenvalue weighted by atomic mass is 16.1. The van der Waals surface area contributed by atoms with Crippen molar-refractivity contribution in [3.8, 4) is 0 Å². The smallest absolute Gasteiger partial charge is 0.226 e. The Morgan fingerprint density at radius 2 is 2.27 bits per heavy atom. The van der Waals surface area contributed by atoms with Gasteiger partial charge in [-0.3, -0.25) is 9.78 Å². The lowest BCUT2D eigenvalue weighted by atomic mass is 10.0. The van der Waals surface area contributed by atoms with Gasteiger partial charge in [-0.05, 0) is 32.4 Å². The van der Waals surface area contributed by atoms with Crippen molar-refractivity contribution in [1.29, 1.82) is 0 Å². The number of rotatable bonds is 3. The van der Waals surface area contributed by atoms with Crippen molar-refractivity contribution in [1.82, 2.24) is 4.98 Å². The monoisotopic (exact) mass is 207 g/mol. The first-order valence-electron chi connectivity index (χ1n) is 4.88. The van der Waals surface area contributed by atoms with Crippen molar-refractivity contribution in [3.63, 3.8) is 0 Å². The summed E-state index contributed by atoms with van der Waals surface area (Å²) in [4.78, 5) is 15.5. The standard InChI is InChI=1S/C11H17N3O/c1-8-7-13-5-4-9(8)14-10(15)6-11(2,3)12/h4-5,7H,6,12H2,1-3H3,(H,13,14,15). The zero-order valence-corrected chi connectivity index (χ0v) is 9.37. The number of hydrogen-bond donors (Lipinski definition) is 2. The molecule has 3 N–H and O–H groups in total. The molecular formula is C11H17N3O. The molecule has 0 bridgehead atoms. The van der Waals surface area contributed by atoms with Crippen LogP contribution >= 0.6 is 0 Å². The summed E-state index contributed by atoms with van der Waals surface area (Å²) in [7, 11) is 0. The van der Waals surface area contributed by atoms with E-state index >= 15 is 0 Å². The second-order valence-corrected chi connectivity index (χ2v) is 4.40. The van der Waals surface area contributed by atoms with Gasteiger partial charge in [-0.2, -0.15) is 0 Å². The number of amides is 1. The molecule has 4 heteroatoms. The fourth-order valence-electron chi connectivity index (χ4n) is 1.22. The second kappa shape index (κ2) is 4.40. The molecule has 0 fully saturated rings. The van der Waals surface area contributed by atoms with Crippen LogP contribution < -0.4 is 11.1 Å². The molecule has 82 valence electrons. The van der Waals surface area contributed by atoms with Crippen molar-refractivity contribution in [2.45, 2.75) is 32.7 Å². The minimum Gasteiger partial charge on any atom is -0.326 e. The van der Waals surface area contributed by atoms with Gasteiger partial charge < -0.3 is 11.1 Å². The van der Waals surface area contributed by atoms with Crippen LogP contribution in [0.2, 0.25) is 0 Å². The Labute approximate surface area is 89.9 Å². The number of pyridine rings is 1. The molecule has 0 atom stereocenters. The number of aromatic nitrogens is 1. The van der Waals surface area contributed by atoms with Crippen molar-refractivity contribution < 1.29 is 4.79 Å². The first kappa shape index (κ1) is 11.7. The van der Waals surface area contributed by atoms with Crippen LogP contribution in [0.1, 0.15) is 25.8 Å². The average Bonchev–Trinajstić information content (AvgIpc) is 2.05. The van der Waals surface area contributed by atoms with Gasteiger partial charge in [0.05, 0.1) is 0 Å². The lowest BCUT2D eigenvalue weighted by Gasteiger charge is -2.17. The first-order valence-corrected chi connectivity index (χ1v) is 4.88. The molecule has 1 aromatic heterocycles. The quantitative estimate of drug-likeness (QED) is 0.788. The van der Waals surface area contributed by atoms with Crippen LogP contribution in [0.5, 0.6) is 0 Å². The summed E-state index contributed by atoms with van der Waals surface area (Å²) in [6, 6.07) is 1.77. The summed E-state index contributed by atoms with van der Waals surface area (Å²) < 4.78 is 0. The maximum Gasteiger partial charge on any atom is 0.226 e. The van der Waals surface area contributed by atoms with Crippen LogP contribution in [0.25, 0.3) is 0 Å². The van der Waals surface area contributed by atoms with E-state index in [9.17, 15) is 4.79 Å². The summed E-state index contributed by atoms with van der Waals surface area (Å²) in [6.07, 6.45) is 3.66. The van der Waals surface area contributed by atoms with Crippen molar-refractivity contribution in [2.24, 2.45) is 5.73 Å². The van der Waals surface area contributed by atoms with E-state index in [1.807, 2.05) is 20.8 Å². The van der Waals surface area contributed by atoms with E-state index in [1.54, 1.807) is 18.5 Å². The summed E-state index contributed by atoms with van der Waals surface area (Å²) in [5.41, 5.74) is 7.01. The number of anilines is 1. The maximum absolute atomic E-state index is 11.6. The molecule has 1 amide bonds. The molecule has 0 saturated carbocycles.